The van der Waals surface area contributed by atoms with E-state index in [1.807, 2.05) is 0 Å². The van der Waals surface area contributed by atoms with Gasteiger partial charge in [0.2, 0.25) is 0 Å². The van der Waals surface area contributed by atoms with E-state index >= 15 is 0 Å². The quantitative estimate of drug-likeness (QED) is 0.669. The van der Waals surface area contributed by atoms with Crippen molar-refractivity contribution in [2.24, 2.45) is 0 Å². The summed E-state index contributed by atoms with van der Waals surface area (Å²) in [6.45, 7) is 1.29. The van der Waals surface area contributed by atoms with Crippen molar-refractivity contribution < 1.29 is 19.4 Å². The van der Waals surface area contributed by atoms with Crippen molar-refractivity contribution in [3.63, 3.8) is 0 Å². The van der Waals surface area contributed by atoms with E-state index in [0.717, 1.165) is 5.39 Å². The van der Waals surface area contributed by atoms with E-state index in [0.29, 0.717) is 5.39 Å². The first-order valence-electron chi connectivity index (χ1n) is 5.12. The average molecular weight is 265 g/mol. The third-order valence-electron chi connectivity index (χ3n) is 2.39. The lowest BCUT2D eigenvalue weighted by molar-refractivity contribution is -0.131. The van der Waals surface area contributed by atoms with Crippen LogP contribution >= 0.6 is 11.6 Å². The van der Waals surface area contributed by atoms with Gasteiger partial charge in [-0.15, -0.1) is 0 Å². The van der Waals surface area contributed by atoms with E-state index in [9.17, 15) is 9.59 Å². The fourth-order valence-electron chi connectivity index (χ4n) is 1.62. The number of esters is 1. The summed E-state index contributed by atoms with van der Waals surface area (Å²) in [7, 11) is 0. The molecule has 92 valence electrons. The molecule has 0 saturated carbocycles. The Bertz CT molecular complexity index is 649. The second-order valence-electron chi connectivity index (χ2n) is 3.74. The molecule has 2 aromatic carbocycles. The lowest BCUT2D eigenvalue weighted by Gasteiger charge is -2.06. The number of carboxylic acid groups (broad SMARTS) is 1. The van der Waals surface area contributed by atoms with Gasteiger partial charge in [0.1, 0.15) is 5.75 Å². The van der Waals surface area contributed by atoms with Gasteiger partial charge in [-0.2, -0.15) is 0 Å². The van der Waals surface area contributed by atoms with Crippen LogP contribution in [-0.4, -0.2) is 17.0 Å². The molecule has 0 aliphatic rings. The third kappa shape index (κ3) is 2.43. The molecule has 0 spiro atoms. The molecule has 2 aromatic rings. The van der Waals surface area contributed by atoms with E-state index < -0.39 is 11.9 Å². The van der Waals surface area contributed by atoms with Crippen LogP contribution in [0, 0.1) is 0 Å². The number of rotatable bonds is 2. The Hall–Kier alpha value is -2.07. The van der Waals surface area contributed by atoms with E-state index in [-0.39, 0.29) is 16.3 Å². The summed E-state index contributed by atoms with van der Waals surface area (Å²) in [5, 5.41) is 10.6. The number of benzene rings is 2. The molecular weight excluding hydrogens is 256 g/mol. The molecule has 0 atom stereocenters. The normalized spacial score (nSPS) is 10.3. The number of ether oxygens (including phenoxy) is 1. The van der Waals surface area contributed by atoms with E-state index in [2.05, 4.69) is 0 Å². The van der Waals surface area contributed by atoms with Crippen molar-refractivity contribution in [2.45, 2.75) is 6.92 Å². The molecule has 0 fully saturated rings. The standard InChI is InChI=1S/C13H9ClO4/c1-7(15)18-12-6-8-2-3-9(13(16)17)4-10(8)5-11(12)14/h2-6H,1H3,(H,16,17). The molecule has 0 bridgehead atoms. The lowest BCUT2D eigenvalue weighted by atomic mass is 10.1. The van der Waals surface area contributed by atoms with Crippen LogP contribution in [0.4, 0.5) is 0 Å². The van der Waals surface area contributed by atoms with Gasteiger partial charge in [-0.1, -0.05) is 17.7 Å². The molecular formula is C13H9ClO4. The second kappa shape index (κ2) is 4.66. The molecule has 0 aliphatic carbocycles. The van der Waals surface area contributed by atoms with Crippen LogP contribution in [-0.2, 0) is 4.79 Å². The van der Waals surface area contributed by atoms with Crippen LogP contribution in [0.2, 0.25) is 5.02 Å². The zero-order chi connectivity index (χ0) is 13.3. The fraction of sp³-hybridized carbons (Fsp3) is 0.0769. The van der Waals surface area contributed by atoms with Crippen LogP contribution in [0.5, 0.6) is 5.75 Å². The minimum atomic E-state index is -1.00. The maximum absolute atomic E-state index is 10.9. The molecule has 0 unspecified atom stereocenters. The maximum Gasteiger partial charge on any atom is 0.335 e. The van der Waals surface area contributed by atoms with Gasteiger partial charge in [0.25, 0.3) is 0 Å². The Morgan fingerprint density at radius 2 is 1.89 bits per heavy atom. The highest BCUT2D eigenvalue weighted by molar-refractivity contribution is 6.33. The lowest BCUT2D eigenvalue weighted by Crippen LogP contribution is -2.02. The summed E-state index contributed by atoms with van der Waals surface area (Å²) in [6, 6.07) is 7.81. The van der Waals surface area contributed by atoms with Gasteiger partial charge in [-0.05, 0) is 35.0 Å². The Kier molecular flexibility index (Phi) is 3.21. The number of aromatic carboxylic acids is 1. The molecule has 0 radical (unpaired) electrons. The fourth-order valence-corrected chi connectivity index (χ4v) is 1.83. The highest BCUT2D eigenvalue weighted by atomic mass is 35.5. The molecule has 0 aliphatic heterocycles. The van der Waals surface area contributed by atoms with Gasteiger partial charge < -0.3 is 9.84 Å². The number of carbonyl (C=O) groups excluding carboxylic acids is 1. The van der Waals surface area contributed by atoms with Gasteiger partial charge in [0, 0.05) is 6.92 Å². The molecule has 18 heavy (non-hydrogen) atoms. The number of hydrogen-bond donors (Lipinski definition) is 1. The Morgan fingerprint density at radius 3 is 2.50 bits per heavy atom. The first kappa shape index (κ1) is 12.4. The molecule has 1 N–H and O–H groups in total. The monoisotopic (exact) mass is 264 g/mol. The SMILES string of the molecule is CC(=O)Oc1cc2ccc(C(=O)O)cc2cc1Cl. The van der Waals surface area contributed by atoms with Crippen LogP contribution in [0.3, 0.4) is 0 Å². The smallest absolute Gasteiger partial charge is 0.335 e. The van der Waals surface area contributed by atoms with Crippen molar-refractivity contribution >= 4 is 34.3 Å². The number of carbonyl (C=O) groups is 2. The first-order valence-corrected chi connectivity index (χ1v) is 5.50. The Labute approximate surface area is 108 Å². The zero-order valence-corrected chi connectivity index (χ0v) is 10.2. The van der Waals surface area contributed by atoms with E-state index in [1.54, 1.807) is 18.2 Å². The van der Waals surface area contributed by atoms with Gasteiger partial charge in [0.05, 0.1) is 10.6 Å². The van der Waals surface area contributed by atoms with Crippen LogP contribution in [0.1, 0.15) is 17.3 Å². The molecule has 0 aromatic heterocycles. The minimum absolute atomic E-state index is 0.179. The van der Waals surface area contributed by atoms with E-state index in [4.69, 9.17) is 21.4 Å². The van der Waals surface area contributed by atoms with Gasteiger partial charge in [-0.25, -0.2) is 4.79 Å². The first-order chi connectivity index (χ1) is 8.47. The predicted molar refractivity (Wildman–Crippen MR) is 67.2 cm³/mol. The second-order valence-corrected chi connectivity index (χ2v) is 4.15. The van der Waals surface area contributed by atoms with E-state index in [1.165, 1.54) is 19.1 Å². The largest absolute Gasteiger partial charge is 0.478 e. The summed E-state index contributed by atoms with van der Waals surface area (Å²) in [5.41, 5.74) is 0.179. The highest BCUT2D eigenvalue weighted by Crippen LogP contribution is 2.30. The van der Waals surface area contributed by atoms with Gasteiger partial charge in [-0.3, -0.25) is 4.79 Å². The molecule has 4 nitrogen and oxygen atoms in total. The maximum atomic E-state index is 10.9. The number of hydrogen-bond acceptors (Lipinski definition) is 3. The Balaban J connectivity index is 2.56. The third-order valence-corrected chi connectivity index (χ3v) is 2.69. The zero-order valence-electron chi connectivity index (χ0n) is 9.44. The van der Waals surface area contributed by atoms with Gasteiger partial charge in [0.15, 0.2) is 0 Å². The molecule has 0 saturated heterocycles. The van der Waals surface area contributed by atoms with Crippen LogP contribution in [0.25, 0.3) is 10.8 Å². The van der Waals surface area contributed by atoms with Gasteiger partial charge >= 0.3 is 11.9 Å². The number of carboxylic acids is 1. The van der Waals surface area contributed by atoms with Crippen molar-refractivity contribution in [3.8, 4) is 5.75 Å². The average Bonchev–Trinajstić information content (AvgIpc) is 2.28. The molecule has 2 rings (SSSR count). The van der Waals surface area contributed by atoms with Crippen LogP contribution in [0.15, 0.2) is 30.3 Å². The molecule has 0 heterocycles. The summed E-state index contributed by atoms with van der Waals surface area (Å²) in [6.07, 6.45) is 0. The molecule has 5 heteroatoms. The summed E-state index contributed by atoms with van der Waals surface area (Å²) in [4.78, 5) is 21.7. The highest BCUT2D eigenvalue weighted by Gasteiger charge is 2.09. The minimum Gasteiger partial charge on any atom is -0.478 e. The van der Waals surface area contributed by atoms with Crippen molar-refractivity contribution in [1.82, 2.24) is 0 Å². The van der Waals surface area contributed by atoms with Crippen molar-refractivity contribution in [3.05, 3.63) is 40.9 Å². The number of halogens is 1. The number of fused-ring (bicyclic) bond motifs is 1. The topological polar surface area (TPSA) is 63.6 Å². The molecule has 0 amide bonds. The van der Waals surface area contributed by atoms with Crippen LogP contribution < -0.4 is 4.74 Å². The van der Waals surface area contributed by atoms with Crippen molar-refractivity contribution in [2.75, 3.05) is 0 Å². The summed E-state index contributed by atoms with van der Waals surface area (Å²) in [5.74, 6) is -1.20. The predicted octanol–water partition coefficient (Wildman–Crippen LogP) is 3.12. The Morgan fingerprint density at radius 1 is 1.17 bits per heavy atom. The summed E-state index contributed by atoms with van der Waals surface area (Å²) >= 11 is 5.95. The van der Waals surface area contributed by atoms with Crippen molar-refractivity contribution in [1.29, 1.82) is 0 Å². The summed E-state index contributed by atoms with van der Waals surface area (Å²) < 4.78 is 4.94.